The van der Waals surface area contributed by atoms with Crippen LogP contribution in [0, 0.1) is 0 Å². The van der Waals surface area contributed by atoms with Gasteiger partial charge in [-0.3, -0.25) is 0 Å². The molecule has 1 aromatic carbocycles. The summed E-state index contributed by atoms with van der Waals surface area (Å²) in [4.78, 5) is 0. The molecule has 0 aliphatic rings. The minimum atomic E-state index is 1.16. The van der Waals surface area contributed by atoms with E-state index in [0.717, 1.165) is 6.42 Å². The Hall–Kier alpha value is -1.30. The van der Waals surface area contributed by atoms with Crippen molar-refractivity contribution in [1.82, 2.24) is 0 Å². The first kappa shape index (κ1) is 15.8. The van der Waals surface area contributed by atoms with Crippen molar-refractivity contribution in [3.05, 3.63) is 48.0 Å². The fourth-order valence-electron chi connectivity index (χ4n) is 2.55. The molecule has 0 aliphatic carbocycles. The number of benzene rings is 1. The molecule has 104 valence electrons. The van der Waals surface area contributed by atoms with Crippen LogP contribution in [0.1, 0.15) is 68.6 Å². The molecule has 0 atom stereocenters. The molecule has 0 radical (unpaired) electrons. The summed E-state index contributed by atoms with van der Waals surface area (Å²) >= 11 is 0. The molecule has 0 heteroatoms. The Morgan fingerprint density at radius 2 is 1.58 bits per heavy atom. The smallest absolute Gasteiger partial charge is 0.0158 e. The van der Waals surface area contributed by atoms with Gasteiger partial charge < -0.3 is 0 Å². The van der Waals surface area contributed by atoms with Crippen LogP contribution in [0.3, 0.4) is 0 Å². The molecule has 0 nitrogen and oxygen atoms in total. The Labute approximate surface area is 119 Å². The maximum absolute atomic E-state index is 3.93. The molecule has 0 N–H and O–H groups in total. The topological polar surface area (TPSA) is 0 Å². The van der Waals surface area contributed by atoms with Gasteiger partial charge in [-0.1, -0.05) is 89.0 Å². The van der Waals surface area contributed by atoms with Crippen molar-refractivity contribution < 1.29 is 0 Å². The zero-order valence-corrected chi connectivity index (χ0v) is 12.5. The molecule has 0 saturated heterocycles. The van der Waals surface area contributed by atoms with Crippen LogP contribution in [-0.4, -0.2) is 0 Å². The lowest BCUT2D eigenvalue weighted by atomic mass is 9.96. The van der Waals surface area contributed by atoms with Crippen LogP contribution in [-0.2, 0) is 6.42 Å². The van der Waals surface area contributed by atoms with Gasteiger partial charge in [0.15, 0.2) is 0 Å². The van der Waals surface area contributed by atoms with Gasteiger partial charge in [0.05, 0.1) is 0 Å². The van der Waals surface area contributed by atoms with E-state index in [1.807, 2.05) is 12.2 Å². The largest absolute Gasteiger partial charge is 0.0984 e. The summed E-state index contributed by atoms with van der Waals surface area (Å²) < 4.78 is 0. The van der Waals surface area contributed by atoms with Gasteiger partial charge in [-0.15, -0.1) is 0 Å². The molecule has 0 fully saturated rings. The molecule has 1 rings (SSSR count). The van der Waals surface area contributed by atoms with Crippen LogP contribution in [0.25, 0.3) is 12.2 Å². The third kappa shape index (κ3) is 5.46. The van der Waals surface area contributed by atoms with Crippen LogP contribution in [0.15, 0.2) is 31.4 Å². The van der Waals surface area contributed by atoms with Crippen molar-refractivity contribution in [1.29, 1.82) is 0 Å². The lowest BCUT2D eigenvalue weighted by molar-refractivity contribution is 0.589. The van der Waals surface area contributed by atoms with E-state index in [-0.39, 0.29) is 0 Å². The van der Waals surface area contributed by atoms with Gasteiger partial charge in [-0.25, -0.2) is 0 Å². The summed E-state index contributed by atoms with van der Waals surface area (Å²) in [7, 11) is 0. The zero-order valence-electron chi connectivity index (χ0n) is 12.5. The highest BCUT2D eigenvalue weighted by Gasteiger charge is 2.02. The van der Waals surface area contributed by atoms with Gasteiger partial charge in [0.1, 0.15) is 0 Å². The van der Waals surface area contributed by atoms with Crippen LogP contribution in [0.2, 0.25) is 0 Å². The van der Waals surface area contributed by atoms with E-state index in [2.05, 4.69) is 38.3 Å². The Morgan fingerprint density at radius 1 is 0.895 bits per heavy atom. The Morgan fingerprint density at radius 3 is 2.21 bits per heavy atom. The number of aryl methyl sites for hydroxylation is 1. The molecule has 0 aliphatic heterocycles. The molecule has 0 amide bonds. The molecule has 19 heavy (non-hydrogen) atoms. The van der Waals surface area contributed by atoms with Gasteiger partial charge in [0, 0.05) is 0 Å². The Balaban J connectivity index is 2.37. The molecule has 0 bridgehead atoms. The summed E-state index contributed by atoms with van der Waals surface area (Å²) in [6.45, 7) is 10.1. The molecule has 1 aromatic rings. The summed E-state index contributed by atoms with van der Waals surface area (Å²) in [6.07, 6.45) is 14.6. The van der Waals surface area contributed by atoms with Crippen LogP contribution in [0.5, 0.6) is 0 Å². The fraction of sp³-hybridized carbons (Fsp3) is 0.474. The highest BCUT2D eigenvalue weighted by Crippen LogP contribution is 2.20. The summed E-state index contributed by atoms with van der Waals surface area (Å²) in [5.74, 6) is 0. The predicted molar refractivity (Wildman–Crippen MR) is 88.3 cm³/mol. The van der Waals surface area contributed by atoms with Crippen molar-refractivity contribution in [3.63, 3.8) is 0 Å². The monoisotopic (exact) mass is 256 g/mol. The molecular formula is C19H28. The highest BCUT2D eigenvalue weighted by molar-refractivity contribution is 5.66. The minimum absolute atomic E-state index is 1.16. The lowest BCUT2D eigenvalue weighted by Gasteiger charge is -2.09. The normalized spacial score (nSPS) is 10.4. The number of hydrogen-bond donors (Lipinski definition) is 0. The summed E-state index contributed by atoms with van der Waals surface area (Å²) in [5, 5.41) is 0. The first-order valence-electron chi connectivity index (χ1n) is 7.70. The Kier molecular flexibility index (Phi) is 7.97. The minimum Gasteiger partial charge on any atom is -0.0984 e. The van der Waals surface area contributed by atoms with E-state index in [4.69, 9.17) is 0 Å². The predicted octanol–water partition coefficient (Wildman–Crippen LogP) is 6.27. The lowest BCUT2D eigenvalue weighted by Crippen LogP contribution is -1.93. The second-order valence-corrected chi connectivity index (χ2v) is 5.20. The van der Waals surface area contributed by atoms with Crippen molar-refractivity contribution in [3.8, 4) is 0 Å². The average molecular weight is 256 g/mol. The van der Waals surface area contributed by atoms with Crippen molar-refractivity contribution >= 4 is 12.2 Å². The van der Waals surface area contributed by atoms with Crippen molar-refractivity contribution in [2.24, 2.45) is 0 Å². The molecule has 0 saturated carbocycles. The number of unbranched alkanes of at least 4 members (excludes halogenated alkanes) is 6. The maximum Gasteiger partial charge on any atom is -0.0158 e. The summed E-state index contributed by atoms with van der Waals surface area (Å²) in [6, 6.07) is 6.46. The number of rotatable bonds is 10. The molecule has 0 heterocycles. The zero-order chi connectivity index (χ0) is 13.9. The second-order valence-electron chi connectivity index (χ2n) is 5.20. The third-order valence-corrected chi connectivity index (χ3v) is 3.70. The molecular weight excluding hydrogens is 228 g/mol. The quantitative estimate of drug-likeness (QED) is 0.433. The van der Waals surface area contributed by atoms with Gasteiger partial charge in [0.25, 0.3) is 0 Å². The van der Waals surface area contributed by atoms with Crippen molar-refractivity contribution in [2.45, 2.75) is 58.3 Å². The van der Waals surface area contributed by atoms with Crippen LogP contribution >= 0.6 is 0 Å². The molecule has 0 spiro atoms. The average Bonchev–Trinajstić information content (AvgIpc) is 2.45. The van der Waals surface area contributed by atoms with E-state index in [1.165, 1.54) is 61.6 Å². The standard InChI is InChI=1S/C19H28/c1-4-7-8-9-10-11-12-14-18-16-13-15-17(5-2)19(18)6-3/h5-6,13,15-16H,2-4,7-12,14H2,1H3. The van der Waals surface area contributed by atoms with Gasteiger partial charge in [-0.05, 0) is 29.5 Å². The van der Waals surface area contributed by atoms with E-state index in [1.54, 1.807) is 0 Å². The first-order valence-corrected chi connectivity index (χ1v) is 7.70. The van der Waals surface area contributed by atoms with E-state index < -0.39 is 0 Å². The number of hydrogen-bond acceptors (Lipinski definition) is 0. The third-order valence-electron chi connectivity index (χ3n) is 3.70. The molecule has 0 unspecified atom stereocenters. The van der Waals surface area contributed by atoms with E-state index in [0.29, 0.717) is 0 Å². The van der Waals surface area contributed by atoms with Gasteiger partial charge in [-0.2, -0.15) is 0 Å². The van der Waals surface area contributed by atoms with E-state index >= 15 is 0 Å². The highest BCUT2D eigenvalue weighted by atomic mass is 14.1. The SMILES string of the molecule is C=Cc1cccc(CCCCCCCCC)c1C=C. The fourth-order valence-corrected chi connectivity index (χ4v) is 2.55. The van der Waals surface area contributed by atoms with Gasteiger partial charge in [0.2, 0.25) is 0 Å². The second kappa shape index (κ2) is 9.61. The van der Waals surface area contributed by atoms with Crippen molar-refractivity contribution in [2.75, 3.05) is 0 Å². The van der Waals surface area contributed by atoms with Crippen LogP contribution < -0.4 is 0 Å². The van der Waals surface area contributed by atoms with E-state index in [9.17, 15) is 0 Å². The first-order chi connectivity index (χ1) is 9.33. The van der Waals surface area contributed by atoms with Crippen LogP contribution in [0.4, 0.5) is 0 Å². The summed E-state index contributed by atoms with van der Waals surface area (Å²) in [5.41, 5.74) is 3.89. The molecule has 0 aromatic heterocycles. The van der Waals surface area contributed by atoms with Gasteiger partial charge >= 0.3 is 0 Å². The maximum atomic E-state index is 3.93. The Bertz CT molecular complexity index is 387.